The summed E-state index contributed by atoms with van der Waals surface area (Å²) in [5, 5.41) is 13.4. The first kappa shape index (κ1) is 14.6. The molecule has 2 saturated carbocycles. The molecule has 20 heavy (non-hydrogen) atoms. The fraction of sp³-hybridized carbons (Fsp3) is 0.647. The molecule has 0 bridgehead atoms. The van der Waals surface area contributed by atoms with E-state index in [1.807, 2.05) is 0 Å². The summed E-state index contributed by atoms with van der Waals surface area (Å²) in [7, 11) is 0. The van der Waals surface area contributed by atoms with Crippen molar-refractivity contribution in [1.82, 2.24) is 5.32 Å². The highest BCUT2D eigenvalue weighted by Gasteiger charge is 2.31. The zero-order valence-corrected chi connectivity index (χ0v) is 13.5. The van der Waals surface area contributed by atoms with Crippen LogP contribution >= 0.6 is 15.9 Å². The number of rotatable bonds is 4. The zero-order chi connectivity index (χ0) is 13.9. The minimum absolute atomic E-state index is 0.0497. The monoisotopic (exact) mass is 337 g/mol. The summed E-state index contributed by atoms with van der Waals surface area (Å²) in [6.45, 7) is 1.09. The van der Waals surface area contributed by atoms with Crippen LogP contribution in [0.3, 0.4) is 0 Å². The minimum Gasteiger partial charge on any atom is -0.393 e. The molecule has 1 aromatic carbocycles. The Labute approximate surface area is 130 Å². The van der Waals surface area contributed by atoms with Crippen LogP contribution in [0.5, 0.6) is 0 Å². The number of aliphatic hydroxyl groups excluding tert-OH is 1. The second-order valence-electron chi connectivity index (χ2n) is 6.51. The fourth-order valence-corrected chi connectivity index (χ4v) is 4.02. The lowest BCUT2D eigenvalue weighted by molar-refractivity contribution is 0.0976. The third-order valence-corrected chi connectivity index (χ3v) is 5.40. The largest absolute Gasteiger partial charge is 0.393 e. The highest BCUT2D eigenvalue weighted by Crippen LogP contribution is 2.38. The molecule has 0 saturated heterocycles. The van der Waals surface area contributed by atoms with Crippen molar-refractivity contribution in [3.63, 3.8) is 0 Å². The van der Waals surface area contributed by atoms with E-state index < -0.39 is 0 Å². The molecule has 0 spiro atoms. The normalized spacial score (nSPS) is 33.7. The Bertz CT molecular complexity index is 444. The van der Waals surface area contributed by atoms with E-state index in [2.05, 4.69) is 45.5 Å². The smallest absolute Gasteiger partial charge is 0.0543 e. The molecular formula is C17H24BrNO. The van der Waals surface area contributed by atoms with Crippen molar-refractivity contribution in [3.05, 3.63) is 34.3 Å². The van der Waals surface area contributed by atoms with Gasteiger partial charge in [-0.15, -0.1) is 0 Å². The third kappa shape index (κ3) is 3.63. The van der Waals surface area contributed by atoms with E-state index in [0.29, 0.717) is 12.0 Å². The second kappa shape index (κ2) is 6.59. The first-order valence-corrected chi connectivity index (χ1v) is 8.67. The van der Waals surface area contributed by atoms with Crippen molar-refractivity contribution in [3.8, 4) is 0 Å². The molecule has 2 atom stereocenters. The van der Waals surface area contributed by atoms with Crippen LogP contribution < -0.4 is 5.32 Å². The molecule has 110 valence electrons. The Hall–Kier alpha value is -0.380. The Balaban J connectivity index is 1.40. The van der Waals surface area contributed by atoms with Gasteiger partial charge in [-0.2, -0.15) is 0 Å². The van der Waals surface area contributed by atoms with E-state index in [4.69, 9.17) is 0 Å². The molecular weight excluding hydrogens is 314 g/mol. The summed E-state index contributed by atoms with van der Waals surface area (Å²) in [5.41, 5.74) is 1.46. The van der Waals surface area contributed by atoms with Gasteiger partial charge in [-0.1, -0.05) is 34.5 Å². The lowest BCUT2D eigenvalue weighted by Gasteiger charge is -2.38. The molecule has 2 unspecified atom stereocenters. The summed E-state index contributed by atoms with van der Waals surface area (Å²) >= 11 is 3.55. The highest BCUT2D eigenvalue weighted by molar-refractivity contribution is 9.10. The molecule has 0 radical (unpaired) electrons. The Morgan fingerprint density at radius 1 is 1.20 bits per heavy atom. The summed E-state index contributed by atoms with van der Waals surface area (Å²) in [6.07, 6.45) is 6.94. The van der Waals surface area contributed by atoms with Crippen LogP contribution in [-0.2, 0) is 0 Å². The maximum atomic E-state index is 9.70. The van der Waals surface area contributed by atoms with Gasteiger partial charge in [0.1, 0.15) is 0 Å². The molecule has 3 heteroatoms. The Kier molecular flexibility index (Phi) is 4.79. The van der Waals surface area contributed by atoms with Crippen molar-refractivity contribution in [2.75, 3.05) is 6.54 Å². The molecule has 0 aliphatic heterocycles. The van der Waals surface area contributed by atoms with Crippen LogP contribution in [0.1, 0.15) is 50.0 Å². The van der Waals surface area contributed by atoms with Crippen molar-refractivity contribution in [2.45, 2.75) is 56.6 Å². The summed E-state index contributed by atoms with van der Waals surface area (Å²) in [5.74, 6) is 1.41. The number of halogens is 1. The number of nitrogens with one attached hydrogen (secondary N) is 1. The van der Waals surface area contributed by atoms with Crippen LogP contribution in [0, 0.1) is 5.92 Å². The molecule has 2 aliphatic carbocycles. The molecule has 2 N–H and O–H groups in total. The Morgan fingerprint density at radius 2 is 2.05 bits per heavy atom. The van der Waals surface area contributed by atoms with E-state index in [-0.39, 0.29) is 6.10 Å². The van der Waals surface area contributed by atoms with Gasteiger partial charge in [0.25, 0.3) is 0 Å². The maximum absolute atomic E-state index is 9.70. The molecule has 3 rings (SSSR count). The van der Waals surface area contributed by atoms with E-state index in [0.717, 1.165) is 25.3 Å². The summed E-state index contributed by atoms with van der Waals surface area (Å²) < 4.78 is 1.18. The lowest BCUT2D eigenvalue weighted by Crippen LogP contribution is -2.43. The Morgan fingerprint density at radius 3 is 2.80 bits per heavy atom. The standard InChI is InChI=1S/C17H24BrNO/c18-15-5-2-4-13(8-15)14-9-16(10-14)19-11-12-3-1-6-17(20)7-12/h2,4-5,8,12,14,16-17,19-20H,1,3,6-7,9-11H2. The van der Waals surface area contributed by atoms with Crippen molar-refractivity contribution in [1.29, 1.82) is 0 Å². The predicted molar refractivity (Wildman–Crippen MR) is 85.9 cm³/mol. The highest BCUT2D eigenvalue weighted by atomic mass is 79.9. The van der Waals surface area contributed by atoms with Gasteiger partial charge in [0.15, 0.2) is 0 Å². The van der Waals surface area contributed by atoms with Crippen molar-refractivity contribution in [2.24, 2.45) is 5.92 Å². The molecule has 1 aromatic rings. The SMILES string of the molecule is OC1CCCC(CNC2CC(c3cccc(Br)c3)C2)C1. The first-order chi connectivity index (χ1) is 9.70. The number of aliphatic hydroxyl groups is 1. The number of hydrogen-bond acceptors (Lipinski definition) is 2. The van der Waals surface area contributed by atoms with Gasteiger partial charge in [0.05, 0.1) is 6.10 Å². The van der Waals surface area contributed by atoms with Crippen molar-refractivity contribution >= 4 is 15.9 Å². The molecule has 0 amide bonds. The summed E-state index contributed by atoms with van der Waals surface area (Å²) in [4.78, 5) is 0. The van der Waals surface area contributed by atoms with E-state index in [1.165, 1.54) is 35.7 Å². The summed E-state index contributed by atoms with van der Waals surface area (Å²) in [6, 6.07) is 9.38. The van der Waals surface area contributed by atoms with Crippen LogP contribution in [0.4, 0.5) is 0 Å². The molecule has 2 aliphatic rings. The number of benzene rings is 1. The van der Waals surface area contributed by atoms with Gasteiger partial charge in [-0.25, -0.2) is 0 Å². The number of hydrogen-bond donors (Lipinski definition) is 2. The quantitative estimate of drug-likeness (QED) is 0.874. The van der Waals surface area contributed by atoms with Gasteiger partial charge in [0, 0.05) is 10.5 Å². The van der Waals surface area contributed by atoms with E-state index >= 15 is 0 Å². The van der Waals surface area contributed by atoms with Crippen LogP contribution in [0.25, 0.3) is 0 Å². The minimum atomic E-state index is -0.0497. The van der Waals surface area contributed by atoms with Gasteiger partial charge in [-0.05, 0) is 68.2 Å². The topological polar surface area (TPSA) is 32.3 Å². The van der Waals surface area contributed by atoms with E-state index in [1.54, 1.807) is 0 Å². The van der Waals surface area contributed by atoms with Gasteiger partial charge >= 0.3 is 0 Å². The third-order valence-electron chi connectivity index (χ3n) is 4.91. The predicted octanol–water partition coefficient (Wildman–Crippen LogP) is 3.84. The molecule has 2 fully saturated rings. The van der Waals surface area contributed by atoms with Gasteiger partial charge in [0.2, 0.25) is 0 Å². The van der Waals surface area contributed by atoms with Crippen LogP contribution in [0.15, 0.2) is 28.7 Å². The first-order valence-electron chi connectivity index (χ1n) is 7.87. The molecule has 0 heterocycles. The maximum Gasteiger partial charge on any atom is 0.0543 e. The van der Waals surface area contributed by atoms with Crippen molar-refractivity contribution < 1.29 is 5.11 Å². The second-order valence-corrected chi connectivity index (χ2v) is 7.43. The van der Waals surface area contributed by atoms with Gasteiger partial charge in [-0.3, -0.25) is 0 Å². The van der Waals surface area contributed by atoms with Gasteiger partial charge < -0.3 is 10.4 Å². The molecule has 0 aromatic heterocycles. The zero-order valence-electron chi connectivity index (χ0n) is 11.9. The average Bonchev–Trinajstić information content (AvgIpc) is 2.37. The fourth-order valence-electron chi connectivity index (χ4n) is 3.60. The van der Waals surface area contributed by atoms with Crippen LogP contribution in [-0.4, -0.2) is 23.8 Å². The average molecular weight is 338 g/mol. The van der Waals surface area contributed by atoms with E-state index in [9.17, 15) is 5.11 Å². The molecule has 2 nitrogen and oxygen atoms in total. The van der Waals surface area contributed by atoms with Crippen LogP contribution in [0.2, 0.25) is 0 Å². The lowest BCUT2D eigenvalue weighted by atomic mass is 9.75.